The van der Waals surface area contributed by atoms with Crippen LogP contribution in [0.15, 0.2) is 41.2 Å². The normalized spacial score (nSPS) is 10.9. The zero-order valence-electron chi connectivity index (χ0n) is 13.9. The number of rotatable bonds is 7. The predicted octanol–water partition coefficient (Wildman–Crippen LogP) is 3.60. The molecule has 118 valence electrons. The van der Waals surface area contributed by atoms with Crippen molar-refractivity contribution in [3.8, 4) is 11.3 Å². The van der Waals surface area contributed by atoms with Gasteiger partial charge in [0.05, 0.1) is 5.69 Å². The van der Waals surface area contributed by atoms with Gasteiger partial charge in [-0.3, -0.25) is 4.79 Å². The van der Waals surface area contributed by atoms with Crippen LogP contribution in [0.5, 0.6) is 0 Å². The smallest absolute Gasteiger partial charge is 0.255 e. The van der Waals surface area contributed by atoms with Crippen molar-refractivity contribution >= 4 is 0 Å². The summed E-state index contributed by atoms with van der Waals surface area (Å²) in [6.45, 7) is 8.56. The topological polar surface area (TPSA) is 34.0 Å². The third-order valence-electron chi connectivity index (χ3n) is 3.92. The molecule has 0 unspecified atom stereocenters. The van der Waals surface area contributed by atoms with Crippen molar-refractivity contribution in [1.29, 1.82) is 0 Å². The Morgan fingerprint density at radius 3 is 2.32 bits per heavy atom. The number of aryl methyl sites for hydroxylation is 1. The monoisotopic (exact) mass is 298 g/mol. The summed E-state index contributed by atoms with van der Waals surface area (Å²) in [5.41, 5.74) is 4.40. The summed E-state index contributed by atoms with van der Waals surface area (Å²) in [4.78, 5) is 12.7. The van der Waals surface area contributed by atoms with E-state index >= 15 is 0 Å². The average Bonchev–Trinajstić information content (AvgIpc) is 2.56. The van der Waals surface area contributed by atoms with E-state index in [1.807, 2.05) is 17.6 Å². The molecular weight excluding hydrogens is 272 g/mol. The summed E-state index contributed by atoms with van der Waals surface area (Å²) in [6.07, 6.45) is 1.98. The molecule has 1 aromatic heterocycles. The average molecular weight is 298 g/mol. The molecule has 0 fully saturated rings. The molecule has 3 heteroatoms. The first-order valence-electron chi connectivity index (χ1n) is 8.24. The molecule has 0 aliphatic heterocycles. The number of benzene rings is 1. The standard InChI is InChI=1S/C19H26N2O/c1-4-13-21-18(16-9-7-15(5-2)8-10-16)12-11-17(19(21)22)14-20-6-3/h7-12,20H,4-6,13-14H2,1-3H3. The molecule has 1 heterocycles. The minimum Gasteiger partial charge on any atom is -0.313 e. The fourth-order valence-electron chi connectivity index (χ4n) is 2.63. The second kappa shape index (κ2) is 7.95. The van der Waals surface area contributed by atoms with Crippen molar-refractivity contribution in [3.05, 3.63) is 57.9 Å². The summed E-state index contributed by atoms with van der Waals surface area (Å²) in [7, 11) is 0. The highest BCUT2D eigenvalue weighted by atomic mass is 16.1. The lowest BCUT2D eigenvalue weighted by Gasteiger charge is -2.15. The number of aromatic nitrogens is 1. The summed E-state index contributed by atoms with van der Waals surface area (Å²) < 4.78 is 1.91. The van der Waals surface area contributed by atoms with E-state index in [0.717, 1.165) is 42.8 Å². The largest absolute Gasteiger partial charge is 0.313 e. The first kappa shape index (κ1) is 16.5. The molecule has 0 bridgehead atoms. The molecule has 0 saturated carbocycles. The highest BCUT2D eigenvalue weighted by molar-refractivity contribution is 5.60. The minimum atomic E-state index is 0.125. The van der Waals surface area contributed by atoms with Gasteiger partial charge in [0.25, 0.3) is 5.56 Å². The summed E-state index contributed by atoms with van der Waals surface area (Å²) in [6, 6.07) is 12.5. The molecule has 3 nitrogen and oxygen atoms in total. The van der Waals surface area contributed by atoms with Gasteiger partial charge in [0.2, 0.25) is 0 Å². The Hall–Kier alpha value is -1.87. The number of hydrogen-bond acceptors (Lipinski definition) is 2. The number of pyridine rings is 1. The molecule has 0 saturated heterocycles. The van der Waals surface area contributed by atoms with Crippen LogP contribution < -0.4 is 10.9 Å². The summed E-state index contributed by atoms with van der Waals surface area (Å²) >= 11 is 0. The zero-order valence-corrected chi connectivity index (χ0v) is 13.9. The molecule has 1 aromatic carbocycles. The van der Waals surface area contributed by atoms with Crippen LogP contribution >= 0.6 is 0 Å². The second-order valence-electron chi connectivity index (χ2n) is 5.53. The number of hydrogen-bond donors (Lipinski definition) is 1. The molecule has 0 radical (unpaired) electrons. The van der Waals surface area contributed by atoms with E-state index in [-0.39, 0.29) is 5.56 Å². The second-order valence-corrected chi connectivity index (χ2v) is 5.53. The Bertz CT molecular complexity index is 656. The van der Waals surface area contributed by atoms with Gasteiger partial charge in [-0.2, -0.15) is 0 Å². The van der Waals surface area contributed by atoms with E-state index in [1.54, 1.807) is 0 Å². The predicted molar refractivity (Wildman–Crippen MR) is 93.2 cm³/mol. The Morgan fingerprint density at radius 2 is 1.73 bits per heavy atom. The van der Waals surface area contributed by atoms with Crippen LogP contribution in [-0.2, 0) is 19.5 Å². The van der Waals surface area contributed by atoms with Gasteiger partial charge in [-0.15, -0.1) is 0 Å². The van der Waals surface area contributed by atoms with Gasteiger partial charge in [0.1, 0.15) is 0 Å². The van der Waals surface area contributed by atoms with Crippen molar-refractivity contribution in [2.24, 2.45) is 0 Å². The Morgan fingerprint density at radius 1 is 1.00 bits per heavy atom. The molecule has 0 aliphatic carbocycles. The fraction of sp³-hybridized carbons (Fsp3) is 0.421. The highest BCUT2D eigenvalue weighted by Gasteiger charge is 2.09. The maximum Gasteiger partial charge on any atom is 0.255 e. The van der Waals surface area contributed by atoms with Crippen LogP contribution in [-0.4, -0.2) is 11.1 Å². The SMILES string of the molecule is CCCn1c(-c2ccc(CC)cc2)ccc(CNCC)c1=O. The summed E-state index contributed by atoms with van der Waals surface area (Å²) in [5, 5.41) is 3.24. The Kier molecular flexibility index (Phi) is 5.96. The zero-order chi connectivity index (χ0) is 15.9. The van der Waals surface area contributed by atoms with Gasteiger partial charge in [-0.25, -0.2) is 0 Å². The lowest BCUT2D eigenvalue weighted by Crippen LogP contribution is -2.28. The van der Waals surface area contributed by atoms with Crippen LogP contribution in [0.3, 0.4) is 0 Å². The first-order valence-corrected chi connectivity index (χ1v) is 8.24. The first-order chi connectivity index (χ1) is 10.7. The van der Waals surface area contributed by atoms with E-state index in [4.69, 9.17) is 0 Å². The van der Waals surface area contributed by atoms with Gasteiger partial charge >= 0.3 is 0 Å². The van der Waals surface area contributed by atoms with E-state index in [2.05, 4.69) is 49.5 Å². The van der Waals surface area contributed by atoms with Crippen LogP contribution in [0.1, 0.15) is 38.3 Å². The number of nitrogens with one attached hydrogen (secondary N) is 1. The van der Waals surface area contributed by atoms with Crippen LogP contribution in [0, 0.1) is 0 Å². The highest BCUT2D eigenvalue weighted by Crippen LogP contribution is 2.20. The van der Waals surface area contributed by atoms with Crippen molar-refractivity contribution in [2.45, 2.75) is 46.7 Å². The molecular formula is C19H26N2O. The minimum absolute atomic E-state index is 0.125. The van der Waals surface area contributed by atoms with Crippen molar-refractivity contribution in [2.75, 3.05) is 6.54 Å². The van der Waals surface area contributed by atoms with Gasteiger partial charge in [0, 0.05) is 18.7 Å². The van der Waals surface area contributed by atoms with Crippen LogP contribution in [0.25, 0.3) is 11.3 Å². The molecule has 0 amide bonds. The van der Waals surface area contributed by atoms with Crippen molar-refractivity contribution in [1.82, 2.24) is 9.88 Å². The molecule has 2 rings (SSSR count). The molecule has 0 aliphatic rings. The number of nitrogens with zero attached hydrogens (tertiary/aromatic N) is 1. The van der Waals surface area contributed by atoms with Crippen molar-refractivity contribution < 1.29 is 0 Å². The lowest BCUT2D eigenvalue weighted by atomic mass is 10.1. The third kappa shape index (κ3) is 3.66. The lowest BCUT2D eigenvalue weighted by molar-refractivity contribution is 0.640. The molecule has 22 heavy (non-hydrogen) atoms. The fourth-order valence-corrected chi connectivity index (χ4v) is 2.63. The maximum absolute atomic E-state index is 12.7. The Labute approximate surface area is 133 Å². The van der Waals surface area contributed by atoms with E-state index < -0.39 is 0 Å². The van der Waals surface area contributed by atoms with Crippen LogP contribution in [0.2, 0.25) is 0 Å². The molecule has 0 spiro atoms. The van der Waals surface area contributed by atoms with Gasteiger partial charge in [-0.05, 0) is 36.6 Å². The molecule has 1 N–H and O–H groups in total. The van der Waals surface area contributed by atoms with Crippen LogP contribution in [0.4, 0.5) is 0 Å². The third-order valence-corrected chi connectivity index (χ3v) is 3.92. The van der Waals surface area contributed by atoms with E-state index in [1.165, 1.54) is 5.56 Å². The Balaban J connectivity index is 2.45. The van der Waals surface area contributed by atoms with Gasteiger partial charge in [0.15, 0.2) is 0 Å². The quantitative estimate of drug-likeness (QED) is 0.847. The van der Waals surface area contributed by atoms with Gasteiger partial charge in [-0.1, -0.05) is 51.1 Å². The van der Waals surface area contributed by atoms with E-state index in [0.29, 0.717) is 6.54 Å². The van der Waals surface area contributed by atoms with Crippen molar-refractivity contribution in [3.63, 3.8) is 0 Å². The summed E-state index contributed by atoms with van der Waals surface area (Å²) in [5.74, 6) is 0. The molecule has 0 atom stereocenters. The van der Waals surface area contributed by atoms with Gasteiger partial charge < -0.3 is 9.88 Å². The van der Waals surface area contributed by atoms with E-state index in [9.17, 15) is 4.79 Å². The maximum atomic E-state index is 12.7. The molecule has 2 aromatic rings.